The van der Waals surface area contributed by atoms with Gasteiger partial charge in [-0.1, -0.05) is 35.5 Å². The minimum atomic E-state index is -1.22. The molecule has 0 saturated heterocycles. The van der Waals surface area contributed by atoms with Gasteiger partial charge in [-0.25, -0.2) is 4.68 Å². The number of aliphatic hydroxyl groups is 1. The fourth-order valence-electron chi connectivity index (χ4n) is 2.46. The van der Waals surface area contributed by atoms with E-state index in [0.717, 1.165) is 5.69 Å². The first-order valence-electron chi connectivity index (χ1n) is 7.59. The van der Waals surface area contributed by atoms with Gasteiger partial charge in [0.1, 0.15) is 0 Å². The van der Waals surface area contributed by atoms with Crippen LogP contribution in [0.15, 0.2) is 67.0 Å². The van der Waals surface area contributed by atoms with Gasteiger partial charge in [-0.3, -0.25) is 4.79 Å². The lowest BCUT2D eigenvalue weighted by Crippen LogP contribution is -2.28. The van der Waals surface area contributed by atoms with Gasteiger partial charge >= 0.3 is 0 Å². The Hall–Kier alpha value is -2.99. The third-order valence-electron chi connectivity index (χ3n) is 3.74. The van der Waals surface area contributed by atoms with Crippen molar-refractivity contribution in [2.75, 3.05) is 5.32 Å². The number of anilines is 1. The zero-order valence-corrected chi connectivity index (χ0v) is 13.3. The Morgan fingerprint density at radius 2 is 1.88 bits per heavy atom. The van der Waals surface area contributed by atoms with Gasteiger partial charge in [-0.05, 0) is 36.8 Å². The van der Waals surface area contributed by atoms with Gasteiger partial charge < -0.3 is 10.4 Å². The minimum absolute atomic E-state index is 0.0260. The van der Waals surface area contributed by atoms with Crippen molar-refractivity contribution in [3.63, 3.8) is 0 Å². The molecular weight excluding hydrogens is 304 g/mol. The van der Waals surface area contributed by atoms with Crippen molar-refractivity contribution in [1.29, 1.82) is 0 Å². The predicted octanol–water partition coefficient (Wildman–Crippen LogP) is 2.50. The number of carbonyl (C=O) groups excluding carboxylic acids is 1. The highest BCUT2D eigenvalue weighted by Crippen LogP contribution is 2.24. The number of nitrogens with zero attached hydrogens (tertiary/aromatic N) is 3. The lowest BCUT2D eigenvalue weighted by molar-refractivity contribution is -0.120. The Bertz CT molecular complexity index is 797. The summed E-state index contributed by atoms with van der Waals surface area (Å²) in [6.07, 6.45) is 3.31. The molecule has 2 N–H and O–H groups in total. The molecule has 0 radical (unpaired) electrons. The molecule has 0 saturated carbocycles. The number of rotatable bonds is 5. The van der Waals surface area contributed by atoms with Crippen LogP contribution in [-0.2, 0) is 10.4 Å². The predicted molar refractivity (Wildman–Crippen MR) is 90.6 cm³/mol. The van der Waals surface area contributed by atoms with Crippen LogP contribution in [-0.4, -0.2) is 26.0 Å². The number of amides is 1. The molecule has 3 rings (SSSR count). The summed E-state index contributed by atoms with van der Waals surface area (Å²) in [5.74, 6) is -0.252. The van der Waals surface area contributed by atoms with Gasteiger partial charge in [0.05, 0.1) is 30.1 Å². The highest BCUT2D eigenvalue weighted by molar-refractivity contribution is 5.91. The van der Waals surface area contributed by atoms with E-state index in [1.54, 1.807) is 48.3 Å². The summed E-state index contributed by atoms with van der Waals surface area (Å²) in [6, 6.07) is 16.4. The molecule has 0 aliphatic carbocycles. The van der Waals surface area contributed by atoms with Crippen molar-refractivity contribution < 1.29 is 9.90 Å². The van der Waals surface area contributed by atoms with Crippen LogP contribution in [0.3, 0.4) is 0 Å². The molecule has 0 fully saturated rings. The van der Waals surface area contributed by atoms with Crippen LogP contribution in [0.4, 0.5) is 5.69 Å². The van der Waals surface area contributed by atoms with Crippen molar-refractivity contribution in [2.24, 2.45) is 0 Å². The molecule has 0 bridgehead atoms. The van der Waals surface area contributed by atoms with E-state index in [1.807, 2.05) is 30.3 Å². The number of nitrogens with one attached hydrogen (secondary N) is 1. The highest BCUT2D eigenvalue weighted by atomic mass is 16.3. The van der Waals surface area contributed by atoms with Gasteiger partial charge in [0.2, 0.25) is 5.91 Å². The van der Waals surface area contributed by atoms with Gasteiger partial charge in [0, 0.05) is 5.69 Å². The number of carbonyl (C=O) groups is 1. The van der Waals surface area contributed by atoms with Crippen LogP contribution in [0.5, 0.6) is 0 Å². The molecule has 122 valence electrons. The number of aromatic nitrogens is 3. The van der Waals surface area contributed by atoms with E-state index in [-0.39, 0.29) is 12.3 Å². The first-order chi connectivity index (χ1) is 11.5. The molecule has 0 aliphatic heterocycles. The molecule has 1 unspecified atom stereocenters. The highest BCUT2D eigenvalue weighted by Gasteiger charge is 2.26. The molecule has 6 heteroatoms. The topological polar surface area (TPSA) is 80.0 Å². The maximum atomic E-state index is 12.2. The van der Waals surface area contributed by atoms with Crippen LogP contribution >= 0.6 is 0 Å². The zero-order chi connectivity index (χ0) is 17.0. The quantitative estimate of drug-likeness (QED) is 0.756. The molecule has 2 aromatic carbocycles. The molecule has 24 heavy (non-hydrogen) atoms. The largest absolute Gasteiger partial charge is 0.385 e. The third-order valence-corrected chi connectivity index (χ3v) is 3.74. The van der Waals surface area contributed by atoms with Gasteiger partial charge in [0.25, 0.3) is 0 Å². The minimum Gasteiger partial charge on any atom is -0.385 e. The van der Waals surface area contributed by atoms with E-state index in [9.17, 15) is 9.90 Å². The Labute approximate surface area is 139 Å². The van der Waals surface area contributed by atoms with E-state index >= 15 is 0 Å². The van der Waals surface area contributed by atoms with Crippen LogP contribution in [0.2, 0.25) is 0 Å². The smallest absolute Gasteiger partial charge is 0.227 e. The van der Waals surface area contributed by atoms with Gasteiger partial charge in [-0.2, -0.15) is 0 Å². The van der Waals surface area contributed by atoms with Crippen LogP contribution in [0, 0.1) is 0 Å². The van der Waals surface area contributed by atoms with Crippen molar-refractivity contribution in [2.45, 2.75) is 18.9 Å². The number of benzene rings is 2. The van der Waals surface area contributed by atoms with Gasteiger partial charge in [-0.15, -0.1) is 5.10 Å². The Balaban J connectivity index is 1.64. The normalized spacial score (nSPS) is 13.2. The molecular formula is C18H18N4O2. The van der Waals surface area contributed by atoms with Crippen molar-refractivity contribution >= 4 is 11.6 Å². The summed E-state index contributed by atoms with van der Waals surface area (Å²) in [4.78, 5) is 12.2. The second-order valence-corrected chi connectivity index (χ2v) is 5.76. The summed E-state index contributed by atoms with van der Waals surface area (Å²) in [5, 5.41) is 21.0. The molecule has 6 nitrogen and oxygen atoms in total. The monoisotopic (exact) mass is 322 g/mol. The fourth-order valence-corrected chi connectivity index (χ4v) is 2.46. The molecule has 1 atom stereocenters. The molecule has 0 spiro atoms. The molecule has 1 heterocycles. The van der Waals surface area contributed by atoms with E-state index < -0.39 is 5.60 Å². The van der Waals surface area contributed by atoms with Crippen molar-refractivity contribution in [1.82, 2.24) is 15.0 Å². The van der Waals surface area contributed by atoms with Crippen LogP contribution in [0.25, 0.3) is 5.69 Å². The van der Waals surface area contributed by atoms with Crippen molar-refractivity contribution in [3.05, 3.63) is 72.6 Å². The summed E-state index contributed by atoms with van der Waals surface area (Å²) in [6.45, 7) is 1.63. The Morgan fingerprint density at radius 1 is 1.17 bits per heavy atom. The molecule has 3 aromatic rings. The average molecular weight is 322 g/mol. The van der Waals surface area contributed by atoms with E-state index in [1.165, 1.54) is 0 Å². The Kier molecular flexibility index (Phi) is 4.39. The third kappa shape index (κ3) is 3.67. The molecule has 0 aliphatic rings. The lowest BCUT2D eigenvalue weighted by Gasteiger charge is -2.23. The fraction of sp³-hybridized carbons (Fsp3) is 0.167. The van der Waals surface area contributed by atoms with E-state index in [4.69, 9.17) is 0 Å². The maximum Gasteiger partial charge on any atom is 0.227 e. The Morgan fingerprint density at radius 3 is 2.50 bits per heavy atom. The first kappa shape index (κ1) is 15.9. The summed E-state index contributed by atoms with van der Waals surface area (Å²) < 4.78 is 1.63. The average Bonchev–Trinajstić information content (AvgIpc) is 3.10. The second kappa shape index (κ2) is 6.64. The molecule has 1 aromatic heterocycles. The lowest BCUT2D eigenvalue weighted by atomic mass is 9.92. The van der Waals surface area contributed by atoms with Crippen molar-refractivity contribution in [3.8, 4) is 5.69 Å². The van der Waals surface area contributed by atoms with Gasteiger partial charge in [0.15, 0.2) is 0 Å². The summed E-state index contributed by atoms with van der Waals surface area (Å²) in [5.41, 5.74) is 1.00. The van der Waals surface area contributed by atoms with Crippen LogP contribution in [0.1, 0.15) is 18.9 Å². The number of hydrogen-bond donors (Lipinski definition) is 2. The van der Waals surface area contributed by atoms with Crippen LogP contribution < -0.4 is 5.32 Å². The first-order valence-corrected chi connectivity index (χ1v) is 7.59. The van der Waals surface area contributed by atoms with E-state index in [0.29, 0.717) is 11.3 Å². The van der Waals surface area contributed by atoms with E-state index in [2.05, 4.69) is 15.6 Å². The summed E-state index contributed by atoms with van der Waals surface area (Å²) >= 11 is 0. The zero-order valence-electron chi connectivity index (χ0n) is 13.3. The maximum absolute atomic E-state index is 12.2. The SMILES string of the molecule is CC(O)(CC(=O)Nc1ccc(-n2ccnn2)cc1)c1ccccc1. The molecule has 1 amide bonds. The number of hydrogen-bond acceptors (Lipinski definition) is 4. The standard InChI is InChI=1S/C18H18N4O2/c1-18(24,14-5-3-2-4-6-14)13-17(23)20-15-7-9-16(10-8-15)22-12-11-19-21-22/h2-12,24H,13H2,1H3,(H,20,23). The summed E-state index contributed by atoms with van der Waals surface area (Å²) in [7, 11) is 0. The second-order valence-electron chi connectivity index (χ2n) is 5.76.